The maximum Gasteiger partial charge on any atom is 0.262 e. The molecule has 0 saturated carbocycles. The number of nitrogens with zero attached hydrogens (tertiary/aromatic N) is 4. The SMILES string of the molecule is COc1cc(NC(=O)COc2ncnc3c2cnn3-c2ccccc2)cc(OC)c1. The van der Waals surface area contributed by atoms with Crippen molar-refractivity contribution in [1.82, 2.24) is 19.7 Å². The lowest BCUT2D eigenvalue weighted by Crippen LogP contribution is -2.20. The zero-order valence-electron chi connectivity index (χ0n) is 16.4. The minimum absolute atomic E-state index is 0.234. The van der Waals surface area contributed by atoms with Crippen molar-refractivity contribution in [2.45, 2.75) is 0 Å². The van der Waals surface area contributed by atoms with Crippen LogP contribution in [0.25, 0.3) is 16.7 Å². The molecule has 2 heterocycles. The number of anilines is 1. The summed E-state index contributed by atoms with van der Waals surface area (Å²) in [5, 5.41) is 7.73. The van der Waals surface area contributed by atoms with E-state index in [1.54, 1.807) is 43.3 Å². The Hall–Kier alpha value is -4.14. The molecule has 1 N–H and O–H groups in total. The summed E-state index contributed by atoms with van der Waals surface area (Å²) in [4.78, 5) is 20.8. The minimum Gasteiger partial charge on any atom is -0.497 e. The van der Waals surface area contributed by atoms with E-state index in [0.717, 1.165) is 5.69 Å². The third kappa shape index (κ3) is 4.00. The van der Waals surface area contributed by atoms with Crippen molar-refractivity contribution in [3.63, 3.8) is 0 Å². The zero-order valence-corrected chi connectivity index (χ0v) is 16.4. The molecule has 0 fully saturated rings. The van der Waals surface area contributed by atoms with Crippen molar-refractivity contribution in [3.05, 3.63) is 61.1 Å². The van der Waals surface area contributed by atoms with Gasteiger partial charge in [0, 0.05) is 23.9 Å². The lowest BCUT2D eigenvalue weighted by Gasteiger charge is -2.10. The highest BCUT2D eigenvalue weighted by Crippen LogP contribution is 2.26. The van der Waals surface area contributed by atoms with Crippen LogP contribution in [0.5, 0.6) is 17.4 Å². The summed E-state index contributed by atoms with van der Waals surface area (Å²) in [6, 6.07) is 14.7. The Labute approximate surface area is 172 Å². The number of hydrogen-bond acceptors (Lipinski definition) is 7. The van der Waals surface area contributed by atoms with Crippen molar-refractivity contribution < 1.29 is 19.0 Å². The lowest BCUT2D eigenvalue weighted by molar-refractivity contribution is -0.118. The summed E-state index contributed by atoms with van der Waals surface area (Å²) in [6.07, 6.45) is 2.99. The van der Waals surface area contributed by atoms with Gasteiger partial charge in [-0.15, -0.1) is 0 Å². The average Bonchev–Trinajstić information content (AvgIpc) is 3.22. The van der Waals surface area contributed by atoms with Crippen LogP contribution in [-0.2, 0) is 4.79 Å². The van der Waals surface area contributed by atoms with Crippen LogP contribution >= 0.6 is 0 Å². The summed E-state index contributed by atoms with van der Waals surface area (Å²) < 4.78 is 17.7. The van der Waals surface area contributed by atoms with Crippen LogP contribution in [-0.4, -0.2) is 46.5 Å². The maximum absolute atomic E-state index is 12.4. The first-order valence-electron chi connectivity index (χ1n) is 9.08. The third-order valence-electron chi connectivity index (χ3n) is 4.31. The van der Waals surface area contributed by atoms with Gasteiger partial charge >= 0.3 is 0 Å². The minimum atomic E-state index is -0.354. The Morgan fingerprint density at radius 1 is 1.03 bits per heavy atom. The van der Waals surface area contributed by atoms with Crippen molar-refractivity contribution in [2.24, 2.45) is 0 Å². The van der Waals surface area contributed by atoms with E-state index in [-0.39, 0.29) is 18.4 Å². The summed E-state index contributed by atoms with van der Waals surface area (Å²) >= 11 is 0. The predicted molar refractivity (Wildman–Crippen MR) is 110 cm³/mol. The number of fused-ring (bicyclic) bond motifs is 1. The van der Waals surface area contributed by atoms with Crippen LogP contribution in [0.2, 0.25) is 0 Å². The van der Waals surface area contributed by atoms with Crippen LogP contribution < -0.4 is 19.5 Å². The molecule has 0 aliphatic carbocycles. The molecule has 9 nitrogen and oxygen atoms in total. The molecule has 30 heavy (non-hydrogen) atoms. The van der Waals surface area contributed by atoms with Crippen LogP contribution in [0.1, 0.15) is 0 Å². The van der Waals surface area contributed by atoms with Gasteiger partial charge in [0.15, 0.2) is 12.3 Å². The quantitative estimate of drug-likeness (QED) is 0.505. The van der Waals surface area contributed by atoms with Crippen LogP contribution in [0, 0.1) is 0 Å². The van der Waals surface area contributed by atoms with E-state index < -0.39 is 0 Å². The standard InChI is InChI=1S/C21H19N5O4/c1-28-16-8-14(9-17(10-16)29-2)25-19(27)12-30-21-18-11-24-26(20(18)22-13-23-21)15-6-4-3-5-7-15/h3-11,13H,12H2,1-2H3,(H,25,27). The van der Waals surface area contributed by atoms with Crippen LogP contribution in [0.3, 0.4) is 0 Å². The smallest absolute Gasteiger partial charge is 0.262 e. The Morgan fingerprint density at radius 3 is 2.47 bits per heavy atom. The highest BCUT2D eigenvalue weighted by Gasteiger charge is 2.14. The zero-order chi connectivity index (χ0) is 20.9. The molecule has 4 rings (SSSR count). The van der Waals surface area contributed by atoms with Gasteiger partial charge in [0.05, 0.1) is 26.1 Å². The van der Waals surface area contributed by atoms with E-state index in [2.05, 4.69) is 20.4 Å². The summed E-state index contributed by atoms with van der Waals surface area (Å²) in [7, 11) is 3.08. The highest BCUT2D eigenvalue weighted by molar-refractivity contribution is 5.92. The molecule has 0 unspecified atom stereocenters. The number of aromatic nitrogens is 4. The molecule has 0 bridgehead atoms. The number of methoxy groups -OCH3 is 2. The molecule has 0 saturated heterocycles. The first kappa shape index (κ1) is 19.2. The Morgan fingerprint density at radius 2 is 1.77 bits per heavy atom. The van der Waals surface area contributed by atoms with Gasteiger partial charge in [-0.3, -0.25) is 4.79 Å². The van der Waals surface area contributed by atoms with Gasteiger partial charge in [0.2, 0.25) is 5.88 Å². The Balaban J connectivity index is 1.49. The molecule has 4 aromatic rings. The molecule has 0 spiro atoms. The van der Waals surface area contributed by atoms with Gasteiger partial charge in [0.1, 0.15) is 23.2 Å². The fraction of sp³-hybridized carbons (Fsp3) is 0.143. The van der Waals surface area contributed by atoms with Crippen LogP contribution in [0.15, 0.2) is 61.1 Å². The number of ether oxygens (including phenoxy) is 3. The van der Waals surface area contributed by atoms with E-state index in [1.807, 2.05) is 30.3 Å². The molecule has 0 aliphatic rings. The molecule has 2 aromatic heterocycles. The molecule has 0 atom stereocenters. The Kier molecular flexibility index (Phi) is 5.42. The largest absolute Gasteiger partial charge is 0.497 e. The number of carbonyl (C=O) groups excluding carboxylic acids is 1. The van der Waals surface area contributed by atoms with Crippen molar-refractivity contribution in [1.29, 1.82) is 0 Å². The van der Waals surface area contributed by atoms with Crippen molar-refractivity contribution in [2.75, 3.05) is 26.1 Å². The number of carbonyl (C=O) groups is 1. The van der Waals surface area contributed by atoms with Crippen molar-refractivity contribution in [3.8, 4) is 23.1 Å². The normalized spacial score (nSPS) is 10.6. The number of para-hydroxylation sites is 1. The third-order valence-corrected chi connectivity index (χ3v) is 4.31. The van der Waals surface area contributed by atoms with Crippen LogP contribution in [0.4, 0.5) is 5.69 Å². The predicted octanol–water partition coefficient (Wildman–Crippen LogP) is 2.85. The summed E-state index contributed by atoms with van der Waals surface area (Å²) in [6.45, 7) is -0.234. The second kappa shape index (κ2) is 8.48. The van der Waals surface area contributed by atoms with E-state index >= 15 is 0 Å². The highest BCUT2D eigenvalue weighted by atomic mass is 16.5. The van der Waals surface area contributed by atoms with Gasteiger partial charge in [-0.05, 0) is 12.1 Å². The van der Waals surface area contributed by atoms with E-state index in [0.29, 0.717) is 28.2 Å². The molecule has 0 radical (unpaired) electrons. The molecular weight excluding hydrogens is 386 g/mol. The first-order chi connectivity index (χ1) is 14.7. The van der Waals surface area contributed by atoms with Gasteiger partial charge in [-0.25, -0.2) is 14.6 Å². The molecule has 2 aromatic carbocycles. The number of hydrogen-bond donors (Lipinski definition) is 1. The number of nitrogens with one attached hydrogen (secondary N) is 1. The average molecular weight is 405 g/mol. The topological polar surface area (TPSA) is 100 Å². The van der Waals surface area contributed by atoms with E-state index in [9.17, 15) is 4.79 Å². The molecule has 9 heteroatoms. The number of rotatable bonds is 7. The van der Waals surface area contributed by atoms with Gasteiger partial charge in [0.25, 0.3) is 5.91 Å². The lowest BCUT2D eigenvalue weighted by atomic mass is 10.2. The monoisotopic (exact) mass is 405 g/mol. The summed E-state index contributed by atoms with van der Waals surface area (Å²) in [5.41, 5.74) is 1.98. The van der Waals surface area contributed by atoms with E-state index in [4.69, 9.17) is 14.2 Å². The second-order valence-electron chi connectivity index (χ2n) is 6.25. The fourth-order valence-corrected chi connectivity index (χ4v) is 2.91. The first-order valence-corrected chi connectivity index (χ1v) is 9.08. The fourth-order valence-electron chi connectivity index (χ4n) is 2.91. The summed E-state index contributed by atoms with van der Waals surface area (Å²) in [5.74, 6) is 1.06. The van der Waals surface area contributed by atoms with Gasteiger partial charge in [-0.1, -0.05) is 18.2 Å². The molecular formula is C21H19N5O4. The molecule has 0 aliphatic heterocycles. The second-order valence-corrected chi connectivity index (χ2v) is 6.25. The van der Waals surface area contributed by atoms with E-state index in [1.165, 1.54) is 6.33 Å². The molecule has 152 valence electrons. The Bertz CT molecular complexity index is 1150. The number of benzene rings is 2. The maximum atomic E-state index is 12.4. The van der Waals surface area contributed by atoms with Gasteiger partial charge in [-0.2, -0.15) is 5.10 Å². The van der Waals surface area contributed by atoms with Crippen molar-refractivity contribution >= 4 is 22.6 Å². The molecule has 1 amide bonds. The number of amides is 1. The van der Waals surface area contributed by atoms with Gasteiger partial charge < -0.3 is 19.5 Å².